The van der Waals surface area contributed by atoms with E-state index < -0.39 is 0 Å². The highest BCUT2D eigenvalue weighted by atomic mass is 32.1. The molecule has 0 unspecified atom stereocenters. The number of hydrogen-bond acceptors (Lipinski definition) is 3. The largest absolute Gasteiger partial charge is 0.374 e. The number of hydrogen-bond donors (Lipinski definition) is 0. The predicted molar refractivity (Wildman–Crippen MR) is 54.6 cm³/mol. The van der Waals surface area contributed by atoms with Crippen LogP contribution in [0.5, 0.6) is 0 Å². The van der Waals surface area contributed by atoms with E-state index in [4.69, 9.17) is 4.74 Å². The molecule has 1 aromatic heterocycles. The third kappa shape index (κ3) is 2.64. The molecule has 0 amide bonds. The fourth-order valence-corrected chi connectivity index (χ4v) is 2.12. The first kappa shape index (κ1) is 10.4. The third-order valence-corrected chi connectivity index (χ3v) is 2.74. The van der Waals surface area contributed by atoms with E-state index in [1.54, 1.807) is 11.3 Å². The lowest BCUT2D eigenvalue weighted by molar-refractivity contribution is 0.0783. The van der Waals surface area contributed by atoms with Gasteiger partial charge in [0.25, 0.3) is 0 Å². The van der Waals surface area contributed by atoms with Gasteiger partial charge >= 0.3 is 0 Å². The van der Waals surface area contributed by atoms with E-state index >= 15 is 0 Å². The van der Waals surface area contributed by atoms with Crippen molar-refractivity contribution in [3.05, 3.63) is 21.4 Å². The zero-order chi connectivity index (χ0) is 9.84. The van der Waals surface area contributed by atoms with Gasteiger partial charge in [-0.25, -0.2) is 0 Å². The van der Waals surface area contributed by atoms with E-state index in [1.807, 2.05) is 26.8 Å². The summed E-state index contributed by atoms with van der Waals surface area (Å²) >= 11 is 1.65. The van der Waals surface area contributed by atoms with Crippen molar-refractivity contribution in [1.29, 1.82) is 0 Å². The molecule has 0 radical (unpaired) electrons. The van der Waals surface area contributed by atoms with Crippen molar-refractivity contribution < 1.29 is 9.53 Å². The summed E-state index contributed by atoms with van der Waals surface area (Å²) in [5, 5.41) is 0. The van der Waals surface area contributed by atoms with Gasteiger partial charge in [-0.1, -0.05) is 0 Å². The van der Waals surface area contributed by atoms with Crippen LogP contribution in [0.15, 0.2) is 6.07 Å². The van der Waals surface area contributed by atoms with E-state index in [0.717, 1.165) is 10.4 Å². The number of Topliss-reactive ketones (excluding diaryl/α,β-unsaturated/α-hetero) is 1. The van der Waals surface area contributed by atoms with Crippen molar-refractivity contribution in [2.75, 3.05) is 13.2 Å². The average Bonchev–Trinajstić information content (AvgIpc) is 2.41. The van der Waals surface area contributed by atoms with Gasteiger partial charge in [-0.15, -0.1) is 11.3 Å². The maximum Gasteiger partial charge on any atom is 0.189 e. The Morgan fingerprint density at radius 1 is 1.54 bits per heavy atom. The van der Waals surface area contributed by atoms with Crippen LogP contribution in [0, 0.1) is 13.8 Å². The van der Waals surface area contributed by atoms with Crippen LogP contribution in [0.1, 0.15) is 27.0 Å². The number of ketones is 1. The Bertz CT molecular complexity index is 302. The molecule has 0 saturated heterocycles. The minimum absolute atomic E-state index is 0.0868. The van der Waals surface area contributed by atoms with E-state index in [9.17, 15) is 4.79 Å². The van der Waals surface area contributed by atoms with Gasteiger partial charge in [-0.2, -0.15) is 0 Å². The molecule has 13 heavy (non-hydrogen) atoms. The average molecular weight is 198 g/mol. The van der Waals surface area contributed by atoms with Crippen LogP contribution in [-0.2, 0) is 4.74 Å². The Hall–Kier alpha value is -0.670. The van der Waals surface area contributed by atoms with Crippen LogP contribution < -0.4 is 0 Å². The monoisotopic (exact) mass is 198 g/mol. The molecule has 0 saturated carbocycles. The predicted octanol–water partition coefficient (Wildman–Crippen LogP) is 2.58. The van der Waals surface area contributed by atoms with Crippen molar-refractivity contribution in [3.8, 4) is 0 Å². The molecule has 2 nitrogen and oxygen atoms in total. The molecule has 0 aliphatic rings. The molecular formula is C10H14O2S. The second-order valence-electron chi connectivity index (χ2n) is 2.89. The number of aryl methyl sites for hydroxylation is 2. The molecule has 0 bridgehead atoms. The molecule has 0 atom stereocenters. The van der Waals surface area contributed by atoms with Gasteiger partial charge in [-0.3, -0.25) is 4.79 Å². The fraction of sp³-hybridized carbons (Fsp3) is 0.500. The highest BCUT2D eigenvalue weighted by Crippen LogP contribution is 2.20. The molecule has 1 rings (SSSR count). The molecule has 0 aromatic carbocycles. The van der Waals surface area contributed by atoms with Crippen molar-refractivity contribution in [2.24, 2.45) is 0 Å². The summed E-state index contributed by atoms with van der Waals surface area (Å²) in [6.07, 6.45) is 0. The van der Waals surface area contributed by atoms with Gasteiger partial charge in [0, 0.05) is 21.9 Å². The van der Waals surface area contributed by atoms with Crippen LogP contribution in [0.3, 0.4) is 0 Å². The molecule has 3 heteroatoms. The number of thiophene rings is 1. The SMILES string of the molecule is CCOCC(=O)c1cc(C)sc1C. The first-order valence-corrected chi connectivity index (χ1v) is 5.14. The summed E-state index contributed by atoms with van der Waals surface area (Å²) in [6.45, 7) is 6.66. The molecule has 0 aliphatic heterocycles. The Morgan fingerprint density at radius 3 is 2.69 bits per heavy atom. The lowest BCUT2D eigenvalue weighted by Gasteiger charge is -1.99. The summed E-state index contributed by atoms with van der Waals surface area (Å²) < 4.78 is 5.07. The van der Waals surface area contributed by atoms with Crippen LogP contribution >= 0.6 is 11.3 Å². The topological polar surface area (TPSA) is 26.3 Å². The molecule has 0 N–H and O–H groups in total. The van der Waals surface area contributed by atoms with Crippen LogP contribution in [0.4, 0.5) is 0 Å². The van der Waals surface area contributed by atoms with Crippen LogP contribution in [-0.4, -0.2) is 19.0 Å². The van der Waals surface area contributed by atoms with Crippen molar-refractivity contribution in [1.82, 2.24) is 0 Å². The summed E-state index contributed by atoms with van der Waals surface area (Å²) in [5.41, 5.74) is 0.816. The Kier molecular flexibility index (Phi) is 3.63. The second kappa shape index (κ2) is 4.53. The highest BCUT2D eigenvalue weighted by Gasteiger charge is 2.11. The van der Waals surface area contributed by atoms with Crippen molar-refractivity contribution in [2.45, 2.75) is 20.8 Å². The van der Waals surface area contributed by atoms with E-state index in [-0.39, 0.29) is 12.4 Å². The molecule has 72 valence electrons. The summed E-state index contributed by atoms with van der Waals surface area (Å²) in [4.78, 5) is 13.8. The molecule has 0 fully saturated rings. The van der Waals surface area contributed by atoms with Gasteiger partial charge in [0.15, 0.2) is 5.78 Å². The van der Waals surface area contributed by atoms with Crippen molar-refractivity contribution in [3.63, 3.8) is 0 Å². The fourth-order valence-electron chi connectivity index (χ4n) is 1.18. The Morgan fingerprint density at radius 2 is 2.23 bits per heavy atom. The summed E-state index contributed by atoms with van der Waals surface area (Å²) in [7, 11) is 0. The van der Waals surface area contributed by atoms with Gasteiger partial charge in [0.05, 0.1) is 0 Å². The lowest BCUT2D eigenvalue weighted by atomic mass is 10.2. The Balaban J connectivity index is 2.70. The van der Waals surface area contributed by atoms with E-state index in [2.05, 4.69) is 0 Å². The Labute approximate surface area is 82.5 Å². The zero-order valence-electron chi connectivity index (χ0n) is 8.22. The van der Waals surface area contributed by atoms with Crippen molar-refractivity contribution >= 4 is 17.1 Å². The standard InChI is InChI=1S/C10H14O2S/c1-4-12-6-10(11)9-5-7(2)13-8(9)3/h5H,4,6H2,1-3H3. The zero-order valence-corrected chi connectivity index (χ0v) is 9.03. The van der Waals surface area contributed by atoms with E-state index in [0.29, 0.717) is 6.61 Å². The molecule has 0 aliphatic carbocycles. The van der Waals surface area contributed by atoms with Crippen LogP contribution in [0.2, 0.25) is 0 Å². The van der Waals surface area contributed by atoms with Gasteiger partial charge in [0.2, 0.25) is 0 Å². The third-order valence-electron chi connectivity index (χ3n) is 1.78. The minimum atomic E-state index is 0.0868. The minimum Gasteiger partial charge on any atom is -0.374 e. The van der Waals surface area contributed by atoms with Gasteiger partial charge < -0.3 is 4.74 Å². The van der Waals surface area contributed by atoms with Gasteiger partial charge in [0.1, 0.15) is 6.61 Å². The maximum absolute atomic E-state index is 11.5. The van der Waals surface area contributed by atoms with E-state index in [1.165, 1.54) is 4.88 Å². The molecular weight excluding hydrogens is 184 g/mol. The summed E-state index contributed by atoms with van der Waals surface area (Å²) in [5.74, 6) is 0.0868. The number of carbonyl (C=O) groups excluding carboxylic acids is 1. The summed E-state index contributed by atoms with van der Waals surface area (Å²) in [6, 6.07) is 1.93. The van der Waals surface area contributed by atoms with Crippen LogP contribution in [0.25, 0.3) is 0 Å². The lowest BCUT2D eigenvalue weighted by Crippen LogP contribution is -2.08. The van der Waals surface area contributed by atoms with Gasteiger partial charge in [-0.05, 0) is 26.8 Å². The number of ether oxygens (including phenoxy) is 1. The molecule has 1 heterocycles. The quantitative estimate of drug-likeness (QED) is 0.695. The molecule has 0 spiro atoms. The normalized spacial score (nSPS) is 10.4. The maximum atomic E-state index is 11.5. The molecule has 1 aromatic rings. The first-order valence-electron chi connectivity index (χ1n) is 4.33. The highest BCUT2D eigenvalue weighted by molar-refractivity contribution is 7.12. The number of carbonyl (C=O) groups is 1. The smallest absolute Gasteiger partial charge is 0.189 e. The number of rotatable bonds is 4. The first-order chi connectivity index (χ1) is 6.15. The second-order valence-corrected chi connectivity index (χ2v) is 4.35.